The first-order valence-corrected chi connectivity index (χ1v) is 7.67. The van der Waals surface area contributed by atoms with Gasteiger partial charge in [0.05, 0.1) is 16.7 Å². The second kappa shape index (κ2) is 7.01. The van der Waals surface area contributed by atoms with Crippen LogP contribution in [-0.2, 0) is 4.79 Å². The maximum absolute atomic E-state index is 12.0. The van der Waals surface area contributed by atoms with Crippen molar-refractivity contribution in [1.82, 2.24) is 15.6 Å². The number of aromatic nitrogens is 1. The molecule has 19 heavy (non-hydrogen) atoms. The summed E-state index contributed by atoms with van der Waals surface area (Å²) in [7, 11) is 0. The van der Waals surface area contributed by atoms with Gasteiger partial charge in [0.1, 0.15) is 0 Å². The van der Waals surface area contributed by atoms with Gasteiger partial charge in [-0.25, -0.2) is 4.98 Å². The molecule has 0 aliphatic carbocycles. The highest BCUT2D eigenvalue weighted by molar-refractivity contribution is 7.11. The zero-order valence-corrected chi connectivity index (χ0v) is 13.5. The molecule has 3 atom stereocenters. The Morgan fingerprint density at radius 2 is 1.95 bits per heavy atom. The van der Waals surface area contributed by atoms with Gasteiger partial charge in [0, 0.05) is 17.0 Å². The van der Waals surface area contributed by atoms with Crippen molar-refractivity contribution in [2.45, 2.75) is 66.1 Å². The second-order valence-corrected chi connectivity index (χ2v) is 6.35. The molecule has 0 aliphatic heterocycles. The highest BCUT2D eigenvalue weighted by Gasteiger charge is 2.19. The van der Waals surface area contributed by atoms with E-state index in [-0.39, 0.29) is 24.0 Å². The van der Waals surface area contributed by atoms with Crippen LogP contribution in [0.25, 0.3) is 0 Å². The Morgan fingerprint density at radius 1 is 1.32 bits per heavy atom. The van der Waals surface area contributed by atoms with Crippen LogP contribution >= 0.6 is 11.3 Å². The van der Waals surface area contributed by atoms with Gasteiger partial charge in [-0.2, -0.15) is 0 Å². The number of rotatable bonds is 6. The van der Waals surface area contributed by atoms with E-state index in [4.69, 9.17) is 0 Å². The number of nitrogens with zero attached hydrogens (tertiary/aromatic N) is 1. The molecule has 0 spiro atoms. The van der Waals surface area contributed by atoms with E-state index >= 15 is 0 Å². The maximum atomic E-state index is 12.0. The summed E-state index contributed by atoms with van der Waals surface area (Å²) in [6.45, 7) is 12.1. The molecule has 2 N–H and O–H groups in total. The van der Waals surface area contributed by atoms with E-state index in [2.05, 4.69) is 29.5 Å². The fraction of sp³-hybridized carbons (Fsp3) is 0.714. The van der Waals surface area contributed by atoms with Crippen LogP contribution in [0.5, 0.6) is 0 Å². The third-order valence-electron chi connectivity index (χ3n) is 3.23. The van der Waals surface area contributed by atoms with Crippen molar-refractivity contribution in [3.8, 4) is 0 Å². The molecule has 1 heterocycles. The molecule has 5 heteroatoms. The van der Waals surface area contributed by atoms with Crippen LogP contribution in [0.15, 0.2) is 0 Å². The fourth-order valence-electron chi connectivity index (χ4n) is 1.95. The van der Waals surface area contributed by atoms with Gasteiger partial charge in [-0.1, -0.05) is 6.92 Å². The van der Waals surface area contributed by atoms with Crippen molar-refractivity contribution in [2.24, 2.45) is 0 Å². The first kappa shape index (κ1) is 16.1. The molecule has 0 saturated carbocycles. The van der Waals surface area contributed by atoms with Gasteiger partial charge in [0.15, 0.2) is 0 Å². The van der Waals surface area contributed by atoms with Crippen LogP contribution in [0.4, 0.5) is 0 Å². The summed E-state index contributed by atoms with van der Waals surface area (Å²) < 4.78 is 0. The molecule has 108 valence electrons. The van der Waals surface area contributed by atoms with E-state index in [1.54, 1.807) is 11.3 Å². The Kier molecular flexibility index (Phi) is 5.94. The molecule has 1 aromatic rings. The number of hydrogen-bond acceptors (Lipinski definition) is 4. The summed E-state index contributed by atoms with van der Waals surface area (Å²) in [4.78, 5) is 17.6. The zero-order valence-electron chi connectivity index (χ0n) is 12.7. The van der Waals surface area contributed by atoms with Crippen molar-refractivity contribution >= 4 is 17.2 Å². The Balaban J connectivity index is 2.59. The van der Waals surface area contributed by atoms with Crippen molar-refractivity contribution in [1.29, 1.82) is 0 Å². The number of aryl methyl sites for hydroxylation is 2. The summed E-state index contributed by atoms with van der Waals surface area (Å²) >= 11 is 1.69. The first-order chi connectivity index (χ1) is 8.85. The average molecular weight is 283 g/mol. The van der Waals surface area contributed by atoms with Crippen LogP contribution in [-0.4, -0.2) is 23.0 Å². The SMILES string of the molecule is CCC(C)NC(=O)C(C)NC(C)c1sc(C)nc1C. The minimum atomic E-state index is -0.203. The molecule has 0 aliphatic rings. The lowest BCUT2D eigenvalue weighted by Crippen LogP contribution is -2.45. The predicted molar refractivity (Wildman–Crippen MR) is 80.5 cm³/mol. The van der Waals surface area contributed by atoms with E-state index in [9.17, 15) is 4.79 Å². The molecule has 0 aromatic carbocycles. The van der Waals surface area contributed by atoms with Gasteiger partial charge in [0.25, 0.3) is 0 Å². The molecular weight excluding hydrogens is 258 g/mol. The standard InChI is InChI=1S/C14H25N3OS/c1-7-8(2)15-14(18)11(5)16-9(3)13-10(4)17-12(6)19-13/h8-9,11,16H,7H2,1-6H3,(H,15,18). The quantitative estimate of drug-likeness (QED) is 0.844. The lowest BCUT2D eigenvalue weighted by molar-refractivity contribution is -0.123. The molecule has 0 radical (unpaired) electrons. The topological polar surface area (TPSA) is 54.0 Å². The number of thiazole rings is 1. The fourth-order valence-corrected chi connectivity index (χ4v) is 2.88. The summed E-state index contributed by atoms with van der Waals surface area (Å²) in [5.41, 5.74) is 1.05. The summed E-state index contributed by atoms with van der Waals surface area (Å²) in [6, 6.07) is 0.161. The van der Waals surface area contributed by atoms with Crippen LogP contribution in [0, 0.1) is 13.8 Å². The third kappa shape index (κ3) is 4.58. The minimum absolute atomic E-state index is 0.0556. The lowest BCUT2D eigenvalue weighted by atomic mass is 10.2. The maximum Gasteiger partial charge on any atom is 0.237 e. The molecule has 4 nitrogen and oxygen atoms in total. The summed E-state index contributed by atoms with van der Waals surface area (Å²) in [5.74, 6) is 0.0556. The van der Waals surface area contributed by atoms with Crippen molar-refractivity contribution in [3.05, 3.63) is 15.6 Å². The lowest BCUT2D eigenvalue weighted by Gasteiger charge is -2.21. The predicted octanol–water partition coefficient (Wildman–Crippen LogP) is 2.71. The Bertz CT molecular complexity index is 430. The molecule has 0 fully saturated rings. The molecule has 1 rings (SSSR count). The zero-order chi connectivity index (χ0) is 14.6. The van der Waals surface area contributed by atoms with E-state index in [0.29, 0.717) is 0 Å². The van der Waals surface area contributed by atoms with Gasteiger partial charge >= 0.3 is 0 Å². The van der Waals surface area contributed by atoms with Crippen LogP contribution in [0.3, 0.4) is 0 Å². The smallest absolute Gasteiger partial charge is 0.237 e. The van der Waals surface area contributed by atoms with Crippen molar-refractivity contribution in [2.75, 3.05) is 0 Å². The van der Waals surface area contributed by atoms with E-state index < -0.39 is 0 Å². The third-order valence-corrected chi connectivity index (χ3v) is 4.48. The summed E-state index contributed by atoms with van der Waals surface area (Å²) in [6.07, 6.45) is 0.946. The average Bonchev–Trinajstić information content (AvgIpc) is 2.68. The van der Waals surface area contributed by atoms with Crippen molar-refractivity contribution in [3.63, 3.8) is 0 Å². The number of nitrogens with one attached hydrogen (secondary N) is 2. The Morgan fingerprint density at radius 3 is 2.42 bits per heavy atom. The minimum Gasteiger partial charge on any atom is -0.352 e. The molecule has 0 bridgehead atoms. The molecule has 0 saturated heterocycles. The number of carbonyl (C=O) groups excluding carboxylic acids is 1. The van der Waals surface area contributed by atoms with Gasteiger partial charge in [-0.05, 0) is 41.0 Å². The molecule has 3 unspecified atom stereocenters. The normalized spacial score (nSPS) is 15.9. The number of amides is 1. The monoisotopic (exact) mass is 283 g/mol. The van der Waals surface area contributed by atoms with Crippen LogP contribution in [0.2, 0.25) is 0 Å². The molecule has 1 aromatic heterocycles. The van der Waals surface area contributed by atoms with Gasteiger partial charge in [-0.3, -0.25) is 10.1 Å². The van der Waals surface area contributed by atoms with Crippen LogP contribution < -0.4 is 10.6 Å². The van der Waals surface area contributed by atoms with Gasteiger partial charge < -0.3 is 5.32 Å². The highest BCUT2D eigenvalue weighted by atomic mass is 32.1. The largest absolute Gasteiger partial charge is 0.352 e. The Labute approximate surface area is 120 Å². The van der Waals surface area contributed by atoms with Gasteiger partial charge in [0.2, 0.25) is 5.91 Å². The highest BCUT2D eigenvalue weighted by Crippen LogP contribution is 2.24. The molecule has 1 amide bonds. The second-order valence-electron chi connectivity index (χ2n) is 5.11. The number of hydrogen-bond donors (Lipinski definition) is 2. The van der Waals surface area contributed by atoms with E-state index in [1.807, 2.05) is 27.7 Å². The van der Waals surface area contributed by atoms with Crippen LogP contribution in [0.1, 0.15) is 55.7 Å². The van der Waals surface area contributed by atoms with E-state index in [1.165, 1.54) is 4.88 Å². The Hall–Kier alpha value is -0.940. The number of carbonyl (C=O) groups is 1. The van der Waals surface area contributed by atoms with E-state index in [0.717, 1.165) is 17.1 Å². The van der Waals surface area contributed by atoms with Crippen molar-refractivity contribution < 1.29 is 4.79 Å². The summed E-state index contributed by atoms with van der Waals surface area (Å²) in [5, 5.41) is 7.40. The molecular formula is C14H25N3OS. The first-order valence-electron chi connectivity index (χ1n) is 6.85. The van der Waals surface area contributed by atoms with Gasteiger partial charge in [-0.15, -0.1) is 11.3 Å².